The fourth-order valence-electron chi connectivity index (χ4n) is 2.48. The van der Waals surface area contributed by atoms with Crippen molar-refractivity contribution in [3.05, 3.63) is 11.5 Å². The lowest BCUT2D eigenvalue weighted by Crippen LogP contribution is -2.47. The summed E-state index contributed by atoms with van der Waals surface area (Å²) in [5.41, 5.74) is 4.32. The highest BCUT2D eigenvalue weighted by Gasteiger charge is 2.35. The summed E-state index contributed by atoms with van der Waals surface area (Å²) in [4.78, 5) is 32.2. The molecule has 2 amide bonds. The molecule has 0 aromatic carbocycles. The Bertz CT molecular complexity index is 655. The van der Waals surface area contributed by atoms with Gasteiger partial charge < -0.3 is 25.3 Å². The highest BCUT2D eigenvalue weighted by atomic mass is 16.7. The summed E-state index contributed by atoms with van der Waals surface area (Å²) < 4.78 is 15.7. The first-order chi connectivity index (χ1) is 10.9. The van der Waals surface area contributed by atoms with Crippen molar-refractivity contribution in [3.63, 3.8) is 0 Å². The lowest BCUT2D eigenvalue weighted by molar-refractivity contribution is -0.131. The molecule has 1 aromatic rings. The Kier molecular flexibility index (Phi) is 3.80. The maximum atomic E-state index is 12.2. The largest absolute Gasteiger partial charge is 0.449 e. The van der Waals surface area contributed by atoms with Gasteiger partial charge in [0.25, 0.3) is 11.8 Å². The number of primary amides is 1. The monoisotopic (exact) mass is 322 g/mol. The lowest BCUT2D eigenvalue weighted by atomic mass is 10.0. The Balaban J connectivity index is 1.88. The molecule has 3 rings (SSSR count). The van der Waals surface area contributed by atoms with E-state index < -0.39 is 17.6 Å². The molecule has 23 heavy (non-hydrogen) atoms. The molecule has 1 aromatic heterocycles. The first kappa shape index (κ1) is 15.5. The quantitative estimate of drug-likeness (QED) is 0.788. The van der Waals surface area contributed by atoms with Crippen LogP contribution >= 0.6 is 0 Å². The highest BCUT2D eigenvalue weighted by molar-refractivity contribution is 5.94. The molecule has 9 heteroatoms. The molecule has 1 atom stereocenters. The van der Waals surface area contributed by atoms with E-state index in [1.165, 1.54) is 0 Å². The fraction of sp³-hybridized carbons (Fsp3) is 0.571. The Morgan fingerprint density at radius 2 is 2.09 bits per heavy atom. The number of hydrogen-bond donors (Lipinski definition) is 2. The minimum absolute atomic E-state index is 0.0591. The zero-order valence-corrected chi connectivity index (χ0v) is 12.9. The number of carbonyl (C=O) groups is 2. The second kappa shape index (κ2) is 5.65. The van der Waals surface area contributed by atoms with Crippen LogP contribution in [0.4, 0.5) is 0 Å². The van der Waals surface area contributed by atoms with Crippen LogP contribution in [0.5, 0.6) is 11.6 Å². The van der Waals surface area contributed by atoms with Gasteiger partial charge in [-0.15, -0.1) is 0 Å². The van der Waals surface area contributed by atoms with Crippen LogP contribution in [0.3, 0.4) is 0 Å². The molecule has 9 nitrogen and oxygen atoms in total. The number of rotatable bonds is 4. The topological polar surface area (TPSA) is 126 Å². The second-order valence-corrected chi connectivity index (χ2v) is 5.92. The van der Waals surface area contributed by atoms with Crippen molar-refractivity contribution in [1.82, 2.24) is 15.3 Å². The van der Waals surface area contributed by atoms with Crippen LogP contribution in [0.1, 0.15) is 43.0 Å². The average molecular weight is 322 g/mol. The Morgan fingerprint density at radius 1 is 1.30 bits per heavy atom. The summed E-state index contributed by atoms with van der Waals surface area (Å²) in [5.74, 6) is -0.515. The average Bonchev–Trinajstić information content (AvgIpc) is 3.16. The summed E-state index contributed by atoms with van der Waals surface area (Å²) in [6, 6.07) is 0. The molecule has 1 unspecified atom stereocenters. The van der Waals surface area contributed by atoms with Crippen molar-refractivity contribution in [1.29, 1.82) is 0 Å². The van der Waals surface area contributed by atoms with Crippen LogP contribution in [0, 0.1) is 0 Å². The number of nitrogens with one attached hydrogen (secondary N) is 1. The van der Waals surface area contributed by atoms with E-state index in [2.05, 4.69) is 15.3 Å². The van der Waals surface area contributed by atoms with Crippen LogP contribution in [-0.4, -0.2) is 41.3 Å². The molecule has 2 aliphatic rings. The number of fused-ring (bicyclic) bond motifs is 1. The van der Waals surface area contributed by atoms with E-state index in [-0.39, 0.29) is 35.8 Å². The van der Waals surface area contributed by atoms with Gasteiger partial charge in [0.1, 0.15) is 6.10 Å². The van der Waals surface area contributed by atoms with E-state index in [1.807, 2.05) is 0 Å². The molecule has 3 N–H and O–H groups in total. The van der Waals surface area contributed by atoms with Crippen molar-refractivity contribution in [2.24, 2.45) is 5.73 Å². The first-order valence-electron chi connectivity index (χ1n) is 7.30. The predicted octanol–water partition coefficient (Wildman–Crippen LogP) is -0.165. The van der Waals surface area contributed by atoms with Crippen LogP contribution < -0.4 is 20.5 Å². The van der Waals surface area contributed by atoms with Gasteiger partial charge >= 0.3 is 0 Å². The Hall–Kier alpha value is -2.42. The summed E-state index contributed by atoms with van der Waals surface area (Å²) >= 11 is 0. The van der Waals surface area contributed by atoms with Gasteiger partial charge in [0.2, 0.25) is 18.4 Å². The third-order valence-electron chi connectivity index (χ3n) is 3.68. The minimum atomic E-state index is -0.936. The zero-order valence-electron chi connectivity index (χ0n) is 12.9. The van der Waals surface area contributed by atoms with Crippen molar-refractivity contribution >= 4 is 11.8 Å². The SMILES string of the molecule is CC(C)(NC(=O)C1CCCO1)c1nc2c(c(C(N)=O)n1)OCO2. The van der Waals surface area contributed by atoms with Gasteiger partial charge in [0, 0.05) is 6.61 Å². The van der Waals surface area contributed by atoms with Gasteiger partial charge in [-0.3, -0.25) is 9.59 Å². The minimum Gasteiger partial charge on any atom is -0.449 e. The van der Waals surface area contributed by atoms with Crippen LogP contribution in [0.15, 0.2) is 0 Å². The maximum absolute atomic E-state index is 12.2. The molecule has 124 valence electrons. The van der Waals surface area contributed by atoms with Gasteiger partial charge in [-0.05, 0) is 26.7 Å². The maximum Gasteiger partial charge on any atom is 0.271 e. The molecule has 0 saturated carbocycles. The number of ether oxygens (including phenoxy) is 3. The number of nitrogens with zero attached hydrogens (tertiary/aromatic N) is 2. The summed E-state index contributed by atoms with van der Waals surface area (Å²) in [6.45, 7) is 3.96. The third-order valence-corrected chi connectivity index (χ3v) is 3.68. The van der Waals surface area contributed by atoms with Crippen molar-refractivity contribution in [2.45, 2.75) is 38.3 Å². The molecule has 0 aliphatic carbocycles. The van der Waals surface area contributed by atoms with E-state index in [0.29, 0.717) is 13.0 Å². The second-order valence-electron chi connectivity index (χ2n) is 5.92. The smallest absolute Gasteiger partial charge is 0.271 e. The molecule has 1 saturated heterocycles. The molecule has 0 radical (unpaired) electrons. The van der Waals surface area contributed by atoms with Gasteiger partial charge in [0.05, 0.1) is 5.54 Å². The van der Waals surface area contributed by atoms with Gasteiger partial charge in [-0.25, -0.2) is 4.98 Å². The summed E-state index contributed by atoms with van der Waals surface area (Å²) in [7, 11) is 0. The molecule has 1 fully saturated rings. The molecule has 2 aliphatic heterocycles. The number of amides is 2. The zero-order chi connectivity index (χ0) is 16.6. The van der Waals surface area contributed by atoms with Crippen molar-refractivity contribution in [2.75, 3.05) is 13.4 Å². The summed E-state index contributed by atoms with van der Waals surface area (Å²) in [6.07, 6.45) is 1.06. The molecule has 0 spiro atoms. The van der Waals surface area contributed by atoms with Crippen molar-refractivity contribution < 1.29 is 23.8 Å². The van der Waals surface area contributed by atoms with E-state index >= 15 is 0 Å². The molecular weight excluding hydrogens is 304 g/mol. The number of hydrogen-bond acceptors (Lipinski definition) is 7. The van der Waals surface area contributed by atoms with Gasteiger partial charge in [-0.1, -0.05) is 0 Å². The van der Waals surface area contributed by atoms with Crippen LogP contribution in [-0.2, 0) is 15.1 Å². The van der Waals surface area contributed by atoms with E-state index in [0.717, 1.165) is 6.42 Å². The van der Waals surface area contributed by atoms with E-state index in [9.17, 15) is 9.59 Å². The fourth-order valence-corrected chi connectivity index (χ4v) is 2.48. The summed E-state index contributed by atoms with van der Waals surface area (Å²) in [5, 5.41) is 2.83. The van der Waals surface area contributed by atoms with Gasteiger partial charge in [0.15, 0.2) is 11.5 Å². The molecule has 3 heterocycles. The Morgan fingerprint density at radius 3 is 2.74 bits per heavy atom. The number of aromatic nitrogens is 2. The van der Waals surface area contributed by atoms with Gasteiger partial charge in [-0.2, -0.15) is 4.98 Å². The van der Waals surface area contributed by atoms with Crippen LogP contribution in [0.25, 0.3) is 0 Å². The van der Waals surface area contributed by atoms with E-state index in [1.54, 1.807) is 13.8 Å². The van der Waals surface area contributed by atoms with E-state index in [4.69, 9.17) is 19.9 Å². The predicted molar refractivity (Wildman–Crippen MR) is 76.8 cm³/mol. The lowest BCUT2D eigenvalue weighted by Gasteiger charge is -2.26. The van der Waals surface area contributed by atoms with Crippen LogP contribution in [0.2, 0.25) is 0 Å². The highest BCUT2D eigenvalue weighted by Crippen LogP contribution is 2.34. The molecule has 0 bridgehead atoms. The third kappa shape index (κ3) is 2.91. The normalized spacial score (nSPS) is 19.7. The Labute approximate surface area is 132 Å². The molecular formula is C14H18N4O5. The number of nitrogens with two attached hydrogens (primary N) is 1. The number of carbonyl (C=O) groups excluding carboxylic acids is 2. The van der Waals surface area contributed by atoms with Crippen molar-refractivity contribution in [3.8, 4) is 11.6 Å². The standard InChI is InChI=1S/C14H18N4O5/c1-14(2,18-11(20)7-4-3-5-21-7)13-16-8(10(15)19)9-12(17-13)23-6-22-9/h7H,3-6H2,1-2H3,(H2,15,19)(H,18,20). The first-order valence-corrected chi connectivity index (χ1v) is 7.30.